The van der Waals surface area contributed by atoms with Crippen molar-refractivity contribution in [3.63, 3.8) is 0 Å². The van der Waals surface area contributed by atoms with Gasteiger partial charge >= 0.3 is 0 Å². The van der Waals surface area contributed by atoms with Crippen LogP contribution in [0.4, 0.5) is 0 Å². The summed E-state index contributed by atoms with van der Waals surface area (Å²) in [6, 6.07) is 20.5. The zero-order valence-corrected chi connectivity index (χ0v) is 29.1. The minimum absolute atomic E-state index is 0. The molecule has 0 atom stereocenters. The number of rotatable bonds is 9. The summed E-state index contributed by atoms with van der Waals surface area (Å²) >= 11 is 0. The van der Waals surface area contributed by atoms with Gasteiger partial charge in [0, 0.05) is 55.1 Å². The Hall–Kier alpha value is -3.27. The van der Waals surface area contributed by atoms with Gasteiger partial charge in [0.15, 0.2) is 5.78 Å². The number of nitrogens with zero attached hydrogens (tertiary/aromatic N) is 1. The maximum Gasteiger partial charge on any atom is 0.162 e. The Labute approximate surface area is 287 Å². The number of aromatic nitrogens is 1. The fraction of sp³-hybridized carbons (Fsp3) is 0.400. The summed E-state index contributed by atoms with van der Waals surface area (Å²) < 4.78 is 39.1. The summed E-state index contributed by atoms with van der Waals surface area (Å²) in [6.45, 7) is 5.76. The van der Waals surface area contributed by atoms with E-state index in [1.807, 2.05) is 70.2 Å². The standard InChI is InChI=1S/C27H22NO.C13H24O2.Ir/c1-17-14-23-22-8-4-5-9-25(22)29-27(23)24(15-17)26-21-11-10-19(18-6-2-3-7-18)16-20(21)12-13-28-26;1-5-10(6-2)12(14)9-13(15)11(7-3)8-4;/h4-5,8-14,16,18H,2-3,6-7H2,1H3;9-11,14H,5-8H2,1-4H3;/q-1;;/b;12-9-;/i1D3,18D;;. The normalized spacial score (nSPS) is 16.2. The molecule has 3 aromatic carbocycles. The Kier molecular flexibility index (Phi) is 10.3. The van der Waals surface area contributed by atoms with Crippen molar-refractivity contribution < 1.29 is 39.9 Å². The fourth-order valence-electron chi connectivity index (χ4n) is 6.40. The van der Waals surface area contributed by atoms with E-state index >= 15 is 0 Å². The number of ketones is 1. The Morgan fingerprint density at radius 1 is 1.00 bits per heavy atom. The summed E-state index contributed by atoms with van der Waals surface area (Å²) in [5.41, 5.74) is 3.64. The smallest absolute Gasteiger partial charge is 0.162 e. The van der Waals surface area contributed by atoms with Crippen molar-refractivity contribution in [1.82, 2.24) is 4.98 Å². The molecule has 1 aliphatic carbocycles. The zero-order valence-electron chi connectivity index (χ0n) is 30.7. The third-order valence-corrected chi connectivity index (χ3v) is 9.11. The van der Waals surface area contributed by atoms with Crippen LogP contribution in [0.15, 0.2) is 77.0 Å². The van der Waals surface area contributed by atoms with Gasteiger partial charge in [0.2, 0.25) is 0 Å². The van der Waals surface area contributed by atoms with Gasteiger partial charge in [-0.25, -0.2) is 0 Å². The van der Waals surface area contributed by atoms with Crippen LogP contribution in [0.25, 0.3) is 44.0 Å². The van der Waals surface area contributed by atoms with Gasteiger partial charge in [0.25, 0.3) is 0 Å². The van der Waals surface area contributed by atoms with E-state index in [2.05, 4.69) is 17.1 Å². The first kappa shape index (κ1) is 29.2. The Bertz CT molecular complexity index is 1930. The molecule has 4 nitrogen and oxygen atoms in total. The Morgan fingerprint density at radius 2 is 1.71 bits per heavy atom. The van der Waals surface area contributed by atoms with Crippen LogP contribution in [0, 0.1) is 24.8 Å². The molecular weight excluding hydrogens is 735 g/mol. The maximum absolute atomic E-state index is 11.7. The molecular formula is C40H46IrNO3-. The molecule has 45 heavy (non-hydrogen) atoms. The molecule has 0 spiro atoms. The van der Waals surface area contributed by atoms with E-state index in [1.165, 1.54) is 6.08 Å². The van der Waals surface area contributed by atoms with Gasteiger partial charge in [-0.3, -0.25) is 4.79 Å². The topological polar surface area (TPSA) is 63.3 Å². The van der Waals surface area contributed by atoms with Gasteiger partial charge in [0.1, 0.15) is 5.58 Å². The second kappa shape index (κ2) is 15.8. The summed E-state index contributed by atoms with van der Waals surface area (Å²) in [5.74, 6) is 0.0165. The largest absolute Gasteiger partial charge is 0.512 e. The number of hydrogen-bond acceptors (Lipinski definition) is 4. The van der Waals surface area contributed by atoms with E-state index in [0.717, 1.165) is 78.5 Å². The SMILES string of the molecule is CCC(CC)C(=O)/C=C(\O)C(CC)CC.[2H]C([2H])([2H])c1[c-]c(-c2nccc3cc(C4([2H])CCCC4)ccc23)c2oc3ccccc3c2c1.[Ir]. The van der Waals surface area contributed by atoms with Crippen LogP contribution in [0.3, 0.4) is 0 Å². The van der Waals surface area contributed by atoms with E-state index in [0.29, 0.717) is 22.4 Å². The molecule has 0 unspecified atom stereocenters. The molecule has 0 aliphatic heterocycles. The summed E-state index contributed by atoms with van der Waals surface area (Å²) in [6.07, 6.45) is 10.6. The van der Waals surface area contributed by atoms with Gasteiger partial charge < -0.3 is 14.5 Å². The van der Waals surface area contributed by atoms with Crippen LogP contribution in [-0.4, -0.2) is 15.9 Å². The van der Waals surface area contributed by atoms with E-state index in [1.54, 1.807) is 12.3 Å². The van der Waals surface area contributed by atoms with Crippen molar-refractivity contribution in [3.8, 4) is 11.3 Å². The molecule has 0 bridgehead atoms. The van der Waals surface area contributed by atoms with Crippen LogP contribution in [0.5, 0.6) is 0 Å². The van der Waals surface area contributed by atoms with Crippen molar-refractivity contribution in [2.24, 2.45) is 11.8 Å². The van der Waals surface area contributed by atoms with Crippen molar-refractivity contribution in [2.75, 3.05) is 0 Å². The summed E-state index contributed by atoms with van der Waals surface area (Å²) in [7, 11) is 0. The van der Waals surface area contributed by atoms with Gasteiger partial charge in [-0.2, -0.15) is 0 Å². The van der Waals surface area contributed by atoms with Crippen LogP contribution >= 0.6 is 0 Å². The molecule has 0 saturated heterocycles. The second-order valence-electron chi connectivity index (χ2n) is 11.8. The number of fused-ring (bicyclic) bond motifs is 4. The third kappa shape index (κ3) is 7.59. The number of hydrogen-bond donors (Lipinski definition) is 1. The van der Waals surface area contributed by atoms with Crippen LogP contribution < -0.4 is 0 Å². The quantitative estimate of drug-likeness (QED) is 0.0918. The number of carbonyl (C=O) groups excluding carboxylic acids is 1. The maximum atomic E-state index is 11.7. The molecule has 1 aliphatic rings. The number of allylic oxidation sites excluding steroid dienone is 2. The van der Waals surface area contributed by atoms with Gasteiger partial charge in [-0.05, 0) is 78.6 Å². The van der Waals surface area contributed by atoms with E-state index < -0.39 is 12.7 Å². The predicted octanol–water partition coefficient (Wildman–Crippen LogP) is 11.4. The Morgan fingerprint density at radius 3 is 2.40 bits per heavy atom. The van der Waals surface area contributed by atoms with Crippen molar-refractivity contribution in [2.45, 2.75) is 91.8 Å². The molecule has 1 fully saturated rings. The number of furan rings is 1. The molecule has 2 aromatic heterocycles. The number of aliphatic hydroxyl groups excluding tert-OH is 1. The zero-order chi connectivity index (χ0) is 34.6. The fourth-order valence-corrected chi connectivity index (χ4v) is 6.40. The number of pyridine rings is 1. The first-order valence-electron chi connectivity index (χ1n) is 18.2. The summed E-state index contributed by atoms with van der Waals surface area (Å²) in [4.78, 5) is 16.4. The molecule has 2 heterocycles. The number of carbonyl (C=O) groups is 1. The average Bonchev–Trinajstić information content (AvgIpc) is 3.69. The van der Waals surface area contributed by atoms with Gasteiger partial charge in [0.05, 0.1) is 11.3 Å². The van der Waals surface area contributed by atoms with E-state index in [-0.39, 0.29) is 49.0 Å². The van der Waals surface area contributed by atoms with E-state index in [9.17, 15) is 9.90 Å². The molecule has 5 aromatic rings. The first-order valence-corrected chi connectivity index (χ1v) is 16.2. The molecule has 0 amide bonds. The molecule has 1 N–H and O–H groups in total. The van der Waals surface area contributed by atoms with Gasteiger partial charge in [-0.1, -0.05) is 94.7 Å². The van der Waals surface area contributed by atoms with Crippen LogP contribution in [0.1, 0.15) is 102 Å². The summed E-state index contributed by atoms with van der Waals surface area (Å²) in [5, 5.41) is 13.2. The Balaban J connectivity index is 0.000000290. The third-order valence-electron chi connectivity index (χ3n) is 9.11. The molecule has 239 valence electrons. The predicted molar refractivity (Wildman–Crippen MR) is 183 cm³/mol. The van der Waals surface area contributed by atoms with E-state index in [4.69, 9.17) is 9.90 Å². The average molecular weight is 785 g/mol. The van der Waals surface area contributed by atoms with Crippen LogP contribution in [-0.2, 0) is 24.9 Å². The molecule has 1 radical (unpaired) electrons. The number of benzene rings is 3. The van der Waals surface area contributed by atoms with Crippen molar-refractivity contribution >= 4 is 38.5 Å². The van der Waals surface area contributed by atoms with Crippen molar-refractivity contribution in [1.29, 1.82) is 0 Å². The molecule has 6 rings (SSSR count). The van der Waals surface area contributed by atoms with Gasteiger partial charge in [-0.15, -0.1) is 17.7 Å². The minimum Gasteiger partial charge on any atom is -0.512 e. The molecule has 1 saturated carbocycles. The molecule has 5 heteroatoms. The minimum atomic E-state index is -2.31. The first-order chi connectivity index (χ1) is 22.9. The second-order valence-corrected chi connectivity index (χ2v) is 11.8. The number of aliphatic hydroxyl groups is 1. The van der Waals surface area contributed by atoms with Crippen LogP contribution in [0.2, 0.25) is 0 Å². The number of aryl methyl sites for hydroxylation is 1. The number of para-hydroxylation sites is 1. The monoisotopic (exact) mass is 785 g/mol. The van der Waals surface area contributed by atoms with Crippen molar-refractivity contribution in [3.05, 3.63) is 89.8 Å².